The largest absolute Gasteiger partial charge is 0.372 e. The van der Waals surface area contributed by atoms with Crippen LogP contribution < -0.4 is 0 Å². The summed E-state index contributed by atoms with van der Waals surface area (Å²) >= 11 is 0. The lowest BCUT2D eigenvalue weighted by atomic mass is 9.98. The van der Waals surface area contributed by atoms with Crippen LogP contribution >= 0.6 is 0 Å². The first-order valence-electron chi connectivity index (χ1n) is 8.91. The quantitative estimate of drug-likeness (QED) is 0.708. The number of hydrogen-bond donors (Lipinski definition) is 0. The van der Waals surface area contributed by atoms with E-state index >= 15 is 0 Å². The molecule has 1 saturated heterocycles. The summed E-state index contributed by atoms with van der Waals surface area (Å²) in [5, 5.41) is 0. The molecule has 0 spiro atoms. The van der Waals surface area contributed by atoms with Crippen LogP contribution in [0, 0.1) is 0 Å². The summed E-state index contributed by atoms with van der Waals surface area (Å²) in [6.07, 6.45) is 7.11. The lowest BCUT2D eigenvalue weighted by Crippen LogP contribution is -2.45. The van der Waals surface area contributed by atoms with Gasteiger partial charge in [-0.05, 0) is 30.9 Å². The monoisotopic (exact) mass is 321 g/mol. The van der Waals surface area contributed by atoms with E-state index in [1.165, 1.54) is 11.1 Å². The Labute approximate surface area is 145 Å². The molecule has 1 fully saturated rings. The number of likely N-dealkylation sites (tertiary alicyclic amines) is 1. The van der Waals surface area contributed by atoms with Crippen LogP contribution in [0.1, 0.15) is 30.9 Å². The molecule has 24 heavy (non-hydrogen) atoms. The first-order chi connectivity index (χ1) is 11.8. The Morgan fingerprint density at radius 3 is 2.29 bits per heavy atom. The highest BCUT2D eigenvalue weighted by atomic mass is 16.5. The zero-order valence-corrected chi connectivity index (χ0v) is 14.5. The number of ether oxygens (including phenoxy) is 1. The molecule has 0 radical (unpaired) electrons. The molecule has 126 valence electrons. The molecular formula is C22H27NO. The molecule has 0 N–H and O–H groups in total. The molecule has 2 nitrogen and oxygen atoms in total. The molecule has 3 rings (SSSR count). The molecule has 0 amide bonds. The second-order valence-corrected chi connectivity index (χ2v) is 6.50. The fraction of sp³-hybridized carbons (Fsp3) is 0.364. The summed E-state index contributed by atoms with van der Waals surface area (Å²) in [6.45, 7) is 4.80. The third kappa shape index (κ3) is 4.80. The Hall–Kier alpha value is -1.90. The Morgan fingerprint density at radius 1 is 0.958 bits per heavy atom. The van der Waals surface area contributed by atoms with Crippen LogP contribution in [0.15, 0.2) is 72.8 Å². The van der Waals surface area contributed by atoms with E-state index in [-0.39, 0.29) is 0 Å². The summed E-state index contributed by atoms with van der Waals surface area (Å²) < 4.78 is 6.20. The second kappa shape index (κ2) is 8.81. The summed E-state index contributed by atoms with van der Waals surface area (Å²) in [7, 11) is 0. The molecule has 0 aromatic heterocycles. The molecule has 1 aliphatic heterocycles. The zero-order chi connectivity index (χ0) is 16.6. The van der Waals surface area contributed by atoms with Gasteiger partial charge in [-0.25, -0.2) is 0 Å². The van der Waals surface area contributed by atoms with E-state index in [1.807, 2.05) is 6.07 Å². The Balaban J connectivity index is 1.60. The summed E-state index contributed by atoms with van der Waals surface area (Å²) in [6, 6.07) is 21.7. The van der Waals surface area contributed by atoms with E-state index in [0.717, 1.165) is 25.9 Å². The average Bonchev–Trinajstić information content (AvgIpc) is 2.64. The lowest BCUT2D eigenvalue weighted by Gasteiger charge is -2.38. The van der Waals surface area contributed by atoms with E-state index in [4.69, 9.17) is 4.74 Å². The van der Waals surface area contributed by atoms with Gasteiger partial charge >= 0.3 is 0 Å². The van der Waals surface area contributed by atoms with Crippen molar-refractivity contribution >= 4 is 0 Å². The number of piperidine rings is 1. The van der Waals surface area contributed by atoms with Crippen LogP contribution in [0.25, 0.3) is 0 Å². The minimum absolute atomic E-state index is 0.315. The van der Waals surface area contributed by atoms with Gasteiger partial charge in [0.05, 0.1) is 12.7 Å². The van der Waals surface area contributed by atoms with Gasteiger partial charge in [0.15, 0.2) is 0 Å². The van der Waals surface area contributed by atoms with Gasteiger partial charge < -0.3 is 4.74 Å². The number of allylic oxidation sites excluding steroid dienone is 1. The van der Waals surface area contributed by atoms with Crippen LogP contribution in [0.4, 0.5) is 0 Å². The maximum absolute atomic E-state index is 6.20. The first-order valence-corrected chi connectivity index (χ1v) is 8.91. The molecular weight excluding hydrogens is 294 g/mol. The Kier molecular flexibility index (Phi) is 6.22. The maximum atomic E-state index is 6.20. The molecule has 0 unspecified atom stereocenters. The van der Waals surface area contributed by atoms with Crippen molar-refractivity contribution in [2.75, 3.05) is 6.54 Å². The standard InChI is InChI=1S/C22H27NO/c1-2-9-21-14-15-22(24-18-20-12-7-4-8-13-20)17-23(21)16-19-10-5-3-6-11-19/h2-13,21-22H,14-18H2,1H3/b9-2-/t21-,22+/m0/s1. The molecule has 1 heterocycles. The number of hydrogen-bond acceptors (Lipinski definition) is 2. The van der Waals surface area contributed by atoms with Gasteiger partial charge in [0.2, 0.25) is 0 Å². The predicted octanol–water partition coefficient (Wildman–Crippen LogP) is 4.81. The molecule has 2 atom stereocenters. The van der Waals surface area contributed by atoms with Crippen LogP contribution in [0.5, 0.6) is 0 Å². The minimum Gasteiger partial charge on any atom is -0.372 e. The SMILES string of the molecule is C/C=C\[C@H]1CC[C@@H](OCc2ccccc2)CN1Cc1ccccc1. The predicted molar refractivity (Wildman–Crippen MR) is 99.7 cm³/mol. The van der Waals surface area contributed by atoms with E-state index in [2.05, 4.69) is 78.6 Å². The van der Waals surface area contributed by atoms with E-state index in [1.54, 1.807) is 0 Å². The van der Waals surface area contributed by atoms with E-state index in [9.17, 15) is 0 Å². The number of rotatable bonds is 6. The van der Waals surface area contributed by atoms with Crippen molar-refractivity contribution in [3.63, 3.8) is 0 Å². The zero-order valence-electron chi connectivity index (χ0n) is 14.5. The van der Waals surface area contributed by atoms with Gasteiger partial charge in [0.1, 0.15) is 0 Å². The fourth-order valence-corrected chi connectivity index (χ4v) is 3.39. The van der Waals surface area contributed by atoms with Crippen LogP contribution in [-0.2, 0) is 17.9 Å². The molecule has 2 aromatic rings. The molecule has 1 aliphatic rings. The molecule has 0 aliphatic carbocycles. The summed E-state index contributed by atoms with van der Waals surface area (Å²) in [5.41, 5.74) is 2.62. The van der Waals surface area contributed by atoms with Crippen molar-refractivity contribution in [2.45, 2.75) is 45.1 Å². The van der Waals surface area contributed by atoms with Crippen molar-refractivity contribution in [1.29, 1.82) is 0 Å². The molecule has 0 saturated carbocycles. The topological polar surface area (TPSA) is 12.5 Å². The van der Waals surface area contributed by atoms with Crippen LogP contribution in [0.3, 0.4) is 0 Å². The van der Waals surface area contributed by atoms with Crippen LogP contribution in [0.2, 0.25) is 0 Å². The first kappa shape index (κ1) is 16.9. The number of benzene rings is 2. The van der Waals surface area contributed by atoms with Crippen molar-refractivity contribution in [3.05, 3.63) is 83.9 Å². The third-order valence-electron chi connectivity index (χ3n) is 4.66. The fourth-order valence-electron chi connectivity index (χ4n) is 3.39. The van der Waals surface area contributed by atoms with Gasteiger partial charge in [-0.3, -0.25) is 4.90 Å². The lowest BCUT2D eigenvalue weighted by molar-refractivity contribution is -0.0234. The highest BCUT2D eigenvalue weighted by Gasteiger charge is 2.27. The van der Waals surface area contributed by atoms with Crippen molar-refractivity contribution < 1.29 is 4.74 Å². The van der Waals surface area contributed by atoms with Crippen LogP contribution in [-0.4, -0.2) is 23.6 Å². The van der Waals surface area contributed by atoms with Crippen molar-refractivity contribution in [1.82, 2.24) is 4.90 Å². The maximum Gasteiger partial charge on any atom is 0.0721 e. The van der Waals surface area contributed by atoms with E-state index in [0.29, 0.717) is 18.8 Å². The van der Waals surface area contributed by atoms with Gasteiger partial charge in [0.25, 0.3) is 0 Å². The molecule has 2 heteroatoms. The van der Waals surface area contributed by atoms with Gasteiger partial charge in [0, 0.05) is 19.1 Å². The van der Waals surface area contributed by atoms with Gasteiger partial charge in [-0.2, -0.15) is 0 Å². The number of nitrogens with zero attached hydrogens (tertiary/aromatic N) is 1. The highest BCUT2D eigenvalue weighted by Crippen LogP contribution is 2.23. The molecule has 0 bridgehead atoms. The van der Waals surface area contributed by atoms with Gasteiger partial charge in [-0.15, -0.1) is 0 Å². The van der Waals surface area contributed by atoms with Gasteiger partial charge in [-0.1, -0.05) is 72.8 Å². The molecule has 2 aromatic carbocycles. The minimum atomic E-state index is 0.315. The average molecular weight is 321 g/mol. The van der Waals surface area contributed by atoms with E-state index < -0.39 is 0 Å². The Morgan fingerprint density at radius 2 is 1.62 bits per heavy atom. The third-order valence-corrected chi connectivity index (χ3v) is 4.66. The summed E-state index contributed by atoms with van der Waals surface area (Å²) in [5.74, 6) is 0. The second-order valence-electron chi connectivity index (χ2n) is 6.50. The normalized spacial score (nSPS) is 22.0. The van der Waals surface area contributed by atoms with Crippen molar-refractivity contribution in [3.8, 4) is 0 Å². The van der Waals surface area contributed by atoms with Crippen molar-refractivity contribution in [2.24, 2.45) is 0 Å². The highest BCUT2D eigenvalue weighted by molar-refractivity contribution is 5.16. The summed E-state index contributed by atoms with van der Waals surface area (Å²) in [4.78, 5) is 2.55. The smallest absolute Gasteiger partial charge is 0.0721 e. The Bertz CT molecular complexity index is 623.